The van der Waals surface area contributed by atoms with Gasteiger partial charge in [0.05, 0.1) is 5.69 Å². The average molecular weight is 353 g/mol. The number of hydrogen-bond donors (Lipinski definition) is 2. The number of carbonyl (C=O) groups is 1. The monoisotopic (exact) mass is 353 g/mol. The Morgan fingerprint density at radius 1 is 1.15 bits per heavy atom. The normalized spacial score (nSPS) is 10.8. The molecule has 3 aromatic heterocycles. The van der Waals surface area contributed by atoms with Crippen LogP contribution in [-0.2, 0) is 0 Å². The topological polar surface area (TPSA) is 87.4 Å². The van der Waals surface area contributed by atoms with Crippen LogP contribution < -0.4 is 15.5 Å². The average Bonchev–Trinajstić information content (AvgIpc) is 2.93. The fraction of sp³-hybridized carbons (Fsp3) is 0.333. The van der Waals surface area contributed by atoms with Crippen LogP contribution in [0.2, 0.25) is 0 Å². The smallest absolute Gasteiger partial charge is 0.270 e. The van der Waals surface area contributed by atoms with Gasteiger partial charge in [0.2, 0.25) is 0 Å². The SMILES string of the molecule is Cc1nc(NCCNC(=O)c2c(C)nc3ccccn23)cc(N(C)C)n1. The van der Waals surface area contributed by atoms with E-state index in [-0.39, 0.29) is 5.91 Å². The summed E-state index contributed by atoms with van der Waals surface area (Å²) in [5, 5.41) is 6.14. The summed E-state index contributed by atoms with van der Waals surface area (Å²) in [5.41, 5.74) is 2.04. The van der Waals surface area contributed by atoms with Gasteiger partial charge in [-0.25, -0.2) is 15.0 Å². The molecule has 0 aliphatic carbocycles. The highest BCUT2D eigenvalue weighted by molar-refractivity contribution is 5.94. The van der Waals surface area contributed by atoms with Crippen molar-refractivity contribution in [3.63, 3.8) is 0 Å². The molecule has 26 heavy (non-hydrogen) atoms. The molecule has 0 atom stereocenters. The molecule has 0 aliphatic heterocycles. The van der Waals surface area contributed by atoms with Crippen molar-refractivity contribution in [1.29, 1.82) is 0 Å². The standard InChI is InChI=1S/C18H23N7O/c1-12-17(25-10-6-5-7-15(25)21-12)18(26)20-9-8-19-14-11-16(24(3)4)23-13(2)22-14/h5-7,10-11H,8-9H2,1-4H3,(H,20,26)(H,19,22,23). The van der Waals surface area contributed by atoms with Crippen molar-refractivity contribution in [2.24, 2.45) is 0 Å². The van der Waals surface area contributed by atoms with Crippen molar-refractivity contribution in [2.45, 2.75) is 13.8 Å². The summed E-state index contributed by atoms with van der Waals surface area (Å²) in [4.78, 5) is 27.6. The third-order valence-corrected chi connectivity index (χ3v) is 3.92. The molecule has 0 bridgehead atoms. The fourth-order valence-electron chi connectivity index (χ4n) is 2.71. The van der Waals surface area contributed by atoms with Gasteiger partial charge >= 0.3 is 0 Å². The third-order valence-electron chi connectivity index (χ3n) is 3.92. The highest BCUT2D eigenvalue weighted by atomic mass is 16.1. The van der Waals surface area contributed by atoms with Gasteiger partial charge in [-0.05, 0) is 26.0 Å². The first-order valence-electron chi connectivity index (χ1n) is 8.44. The maximum absolute atomic E-state index is 12.5. The zero-order valence-corrected chi connectivity index (χ0v) is 15.4. The zero-order chi connectivity index (χ0) is 18.7. The number of anilines is 2. The highest BCUT2D eigenvalue weighted by Gasteiger charge is 2.15. The lowest BCUT2D eigenvalue weighted by Gasteiger charge is -2.14. The van der Waals surface area contributed by atoms with E-state index in [9.17, 15) is 4.79 Å². The van der Waals surface area contributed by atoms with E-state index in [1.165, 1.54) is 0 Å². The maximum atomic E-state index is 12.5. The lowest BCUT2D eigenvalue weighted by molar-refractivity contribution is 0.0948. The Morgan fingerprint density at radius 3 is 2.73 bits per heavy atom. The zero-order valence-electron chi connectivity index (χ0n) is 15.4. The largest absolute Gasteiger partial charge is 0.368 e. The predicted octanol–water partition coefficient (Wildman–Crippen LogP) is 1.65. The van der Waals surface area contributed by atoms with E-state index in [1.54, 1.807) is 4.40 Å². The van der Waals surface area contributed by atoms with Gasteiger partial charge in [-0.2, -0.15) is 0 Å². The van der Waals surface area contributed by atoms with Crippen LogP contribution >= 0.6 is 0 Å². The number of aromatic nitrogens is 4. The van der Waals surface area contributed by atoms with E-state index in [0.29, 0.717) is 30.3 Å². The number of aryl methyl sites for hydroxylation is 2. The second kappa shape index (κ2) is 7.38. The van der Waals surface area contributed by atoms with Crippen LogP contribution in [0.1, 0.15) is 22.0 Å². The van der Waals surface area contributed by atoms with Crippen LogP contribution in [0.25, 0.3) is 5.65 Å². The van der Waals surface area contributed by atoms with Crippen LogP contribution in [-0.4, -0.2) is 52.4 Å². The molecule has 0 fully saturated rings. The Balaban J connectivity index is 1.60. The number of carbonyl (C=O) groups excluding carboxylic acids is 1. The van der Waals surface area contributed by atoms with E-state index in [0.717, 1.165) is 17.3 Å². The number of imidazole rings is 1. The van der Waals surface area contributed by atoms with Crippen LogP contribution in [0.5, 0.6) is 0 Å². The minimum atomic E-state index is -0.143. The summed E-state index contributed by atoms with van der Waals surface area (Å²) in [6.07, 6.45) is 1.84. The minimum Gasteiger partial charge on any atom is -0.368 e. The molecule has 8 heteroatoms. The Morgan fingerprint density at radius 2 is 1.96 bits per heavy atom. The Hall–Kier alpha value is -3.16. The summed E-state index contributed by atoms with van der Waals surface area (Å²) in [7, 11) is 3.87. The molecule has 0 spiro atoms. The van der Waals surface area contributed by atoms with Gasteiger partial charge in [-0.1, -0.05) is 6.07 Å². The number of pyridine rings is 1. The van der Waals surface area contributed by atoms with Crippen molar-refractivity contribution >= 4 is 23.2 Å². The lowest BCUT2D eigenvalue weighted by Crippen LogP contribution is -2.30. The fourth-order valence-corrected chi connectivity index (χ4v) is 2.71. The van der Waals surface area contributed by atoms with Crippen molar-refractivity contribution in [3.05, 3.63) is 47.7 Å². The first-order chi connectivity index (χ1) is 12.5. The van der Waals surface area contributed by atoms with Crippen LogP contribution in [0.15, 0.2) is 30.5 Å². The second-order valence-electron chi connectivity index (χ2n) is 6.21. The van der Waals surface area contributed by atoms with E-state index in [1.807, 2.05) is 63.3 Å². The van der Waals surface area contributed by atoms with Crippen LogP contribution in [0, 0.1) is 13.8 Å². The van der Waals surface area contributed by atoms with Gasteiger partial charge in [0, 0.05) is 39.4 Å². The Labute approximate surface area is 152 Å². The number of rotatable bonds is 6. The number of fused-ring (bicyclic) bond motifs is 1. The van der Waals surface area contributed by atoms with Gasteiger partial charge in [-0.15, -0.1) is 0 Å². The maximum Gasteiger partial charge on any atom is 0.270 e. The number of hydrogen-bond acceptors (Lipinski definition) is 6. The molecule has 0 radical (unpaired) electrons. The summed E-state index contributed by atoms with van der Waals surface area (Å²) >= 11 is 0. The molecule has 8 nitrogen and oxygen atoms in total. The van der Waals surface area contributed by atoms with E-state index in [4.69, 9.17) is 0 Å². The van der Waals surface area contributed by atoms with Crippen LogP contribution in [0.4, 0.5) is 11.6 Å². The minimum absolute atomic E-state index is 0.143. The molecule has 3 rings (SSSR count). The highest BCUT2D eigenvalue weighted by Crippen LogP contribution is 2.13. The number of amides is 1. The summed E-state index contributed by atoms with van der Waals surface area (Å²) in [6, 6.07) is 7.54. The molecule has 1 amide bonds. The van der Waals surface area contributed by atoms with Gasteiger partial charge < -0.3 is 15.5 Å². The molecule has 0 unspecified atom stereocenters. The molecule has 0 aliphatic rings. The Bertz CT molecular complexity index is 932. The molecule has 0 saturated carbocycles. The molecule has 0 aromatic carbocycles. The second-order valence-corrected chi connectivity index (χ2v) is 6.21. The molecule has 2 N–H and O–H groups in total. The van der Waals surface area contributed by atoms with E-state index < -0.39 is 0 Å². The van der Waals surface area contributed by atoms with E-state index in [2.05, 4.69) is 25.6 Å². The van der Waals surface area contributed by atoms with Gasteiger partial charge in [0.1, 0.15) is 28.8 Å². The van der Waals surface area contributed by atoms with Gasteiger partial charge in [-0.3, -0.25) is 9.20 Å². The number of nitrogens with one attached hydrogen (secondary N) is 2. The third kappa shape index (κ3) is 3.74. The molecular formula is C18H23N7O. The molecule has 3 aromatic rings. The quantitative estimate of drug-likeness (QED) is 0.655. The number of nitrogens with zero attached hydrogens (tertiary/aromatic N) is 5. The molecule has 3 heterocycles. The van der Waals surface area contributed by atoms with Crippen molar-refractivity contribution in [2.75, 3.05) is 37.4 Å². The summed E-state index contributed by atoms with van der Waals surface area (Å²) < 4.78 is 1.80. The first-order valence-corrected chi connectivity index (χ1v) is 8.44. The van der Waals surface area contributed by atoms with Crippen LogP contribution in [0.3, 0.4) is 0 Å². The Kier molecular flexibility index (Phi) is 5.01. The first kappa shape index (κ1) is 17.7. The molecule has 136 valence electrons. The lowest BCUT2D eigenvalue weighted by atomic mass is 10.3. The van der Waals surface area contributed by atoms with Gasteiger partial charge in [0.25, 0.3) is 5.91 Å². The van der Waals surface area contributed by atoms with Crippen molar-refractivity contribution < 1.29 is 4.79 Å². The molecule has 0 saturated heterocycles. The summed E-state index contributed by atoms with van der Waals surface area (Å²) in [6.45, 7) is 4.73. The molecular weight excluding hydrogens is 330 g/mol. The van der Waals surface area contributed by atoms with E-state index >= 15 is 0 Å². The van der Waals surface area contributed by atoms with Gasteiger partial charge in [0.15, 0.2) is 0 Å². The predicted molar refractivity (Wildman–Crippen MR) is 102 cm³/mol. The summed E-state index contributed by atoms with van der Waals surface area (Å²) in [5.74, 6) is 2.13. The van der Waals surface area contributed by atoms with Crippen molar-refractivity contribution in [1.82, 2.24) is 24.7 Å². The van der Waals surface area contributed by atoms with Crippen molar-refractivity contribution in [3.8, 4) is 0 Å².